The Morgan fingerprint density at radius 1 is 1.14 bits per heavy atom. The lowest BCUT2D eigenvalue weighted by molar-refractivity contribution is 0.561. The lowest BCUT2D eigenvalue weighted by Crippen LogP contribution is -2.05. The minimum Gasteiger partial charge on any atom is -0.242 e. The molecule has 0 aliphatic heterocycles. The molecule has 0 bridgehead atoms. The number of nitrogens with zero attached hydrogens (tertiary/aromatic N) is 5. The molecule has 0 unspecified atom stereocenters. The number of hydrogen-bond acceptors (Lipinski definition) is 4. The van der Waals surface area contributed by atoms with E-state index in [0.29, 0.717) is 33.8 Å². The highest BCUT2D eigenvalue weighted by molar-refractivity contribution is 6.30. The van der Waals surface area contributed by atoms with Crippen molar-refractivity contribution in [2.45, 2.75) is 25.3 Å². The Balaban J connectivity index is 1.60. The molecule has 1 aliphatic carbocycles. The monoisotopic (exact) mass is 397 g/mol. The van der Waals surface area contributed by atoms with Gasteiger partial charge in [-0.3, -0.25) is 0 Å². The summed E-state index contributed by atoms with van der Waals surface area (Å²) in [7, 11) is 0. The first-order valence-electron chi connectivity index (χ1n) is 8.88. The first-order valence-corrected chi connectivity index (χ1v) is 9.26. The van der Waals surface area contributed by atoms with Crippen LogP contribution in [0, 0.1) is 11.6 Å². The largest absolute Gasteiger partial charge is 0.242 e. The molecule has 3 heterocycles. The Kier molecular flexibility index (Phi) is 4.05. The molecule has 1 saturated carbocycles. The quantitative estimate of drug-likeness (QED) is 0.466. The highest BCUT2D eigenvalue weighted by atomic mass is 35.5. The van der Waals surface area contributed by atoms with E-state index in [4.69, 9.17) is 11.6 Å². The Bertz CT molecular complexity index is 1200. The molecule has 0 radical (unpaired) electrons. The van der Waals surface area contributed by atoms with E-state index in [-0.39, 0.29) is 6.54 Å². The smallest absolute Gasteiger partial charge is 0.182 e. The number of pyridine rings is 1. The van der Waals surface area contributed by atoms with Gasteiger partial charge in [0.15, 0.2) is 11.5 Å². The molecule has 4 aromatic rings. The maximum atomic E-state index is 14.1. The highest BCUT2D eigenvalue weighted by Gasteiger charge is 2.27. The summed E-state index contributed by atoms with van der Waals surface area (Å²) in [5.74, 6) is -0.414. The zero-order valence-electron chi connectivity index (χ0n) is 14.6. The third-order valence-electron chi connectivity index (χ3n) is 4.84. The lowest BCUT2D eigenvalue weighted by atomic mass is 10.2. The molecule has 1 aliphatic rings. The molecule has 140 valence electrons. The molecular weight excluding hydrogens is 384 g/mol. The zero-order chi connectivity index (χ0) is 19.3. The van der Waals surface area contributed by atoms with Crippen molar-refractivity contribution in [2.24, 2.45) is 0 Å². The van der Waals surface area contributed by atoms with Crippen LogP contribution in [0.5, 0.6) is 0 Å². The topological polar surface area (TPSA) is 56.5 Å². The second-order valence-corrected chi connectivity index (χ2v) is 7.19. The number of hydrogen-bond donors (Lipinski definition) is 0. The van der Waals surface area contributed by atoms with E-state index in [1.165, 1.54) is 12.1 Å². The van der Waals surface area contributed by atoms with Crippen LogP contribution < -0.4 is 0 Å². The fourth-order valence-electron chi connectivity index (χ4n) is 3.25. The number of fused-ring (bicyclic) bond motifs is 1. The Hall–Kier alpha value is -2.93. The van der Waals surface area contributed by atoms with Crippen molar-refractivity contribution >= 4 is 22.6 Å². The zero-order valence-corrected chi connectivity index (χ0v) is 15.4. The van der Waals surface area contributed by atoms with E-state index in [1.54, 1.807) is 23.1 Å². The first-order chi connectivity index (χ1) is 13.6. The molecule has 1 aromatic carbocycles. The fraction of sp³-hybridized carbons (Fsp3) is 0.200. The molecule has 0 atom stereocenters. The third kappa shape index (κ3) is 3.01. The maximum Gasteiger partial charge on any atom is 0.182 e. The van der Waals surface area contributed by atoms with Crippen LogP contribution in [0.25, 0.3) is 22.6 Å². The van der Waals surface area contributed by atoms with Crippen LogP contribution >= 0.6 is 11.6 Å². The molecule has 5 nitrogen and oxygen atoms in total. The number of benzene rings is 1. The van der Waals surface area contributed by atoms with E-state index in [1.807, 2.05) is 6.07 Å². The van der Waals surface area contributed by atoms with Crippen molar-refractivity contribution in [1.29, 1.82) is 0 Å². The van der Waals surface area contributed by atoms with Gasteiger partial charge in [-0.1, -0.05) is 17.7 Å². The number of halogens is 3. The summed E-state index contributed by atoms with van der Waals surface area (Å²) in [5.41, 5.74) is 2.36. The SMILES string of the molecule is Fc1ccc(Cn2nc(-c3ncc(C4CC4)c(Cl)n3)c3cccnc32)c(F)c1. The molecule has 8 heteroatoms. The van der Waals surface area contributed by atoms with Gasteiger partial charge in [-0.15, -0.1) is 0 Å². The molecule has 28 heavy (non-hydrogen) atoms. The van der Waals surface area contributed by atoms with Crippen LogP contribution in [0.15, 0.2) is 42.7 Å². The molecule has 0 N–H and O–H groups in total. The van der Waals surface area contributed by atoms with Crippen LogP contribution in [0.4, 0.5) is 8.78 Å². The second kappa shape index (κ2) is 6.60. The average Bonchev–Trinajstić information content (AvgIpc) is 3.46. The van der Waals surface area contributed by atoms with Crippen LogP contribution in [-0.4, -0.2) is 24.7 Å². The Morgan fingerprint density at radius 3 is 2.75 bits per heavy atom. The van der Waals surface area contributed by atoms with E-state index >= 15 is 0 Å². The third-order valence-corrected chi connectivity index (χ3v) is 5.14. The molecule has 0 amide bonds. The van der Waals surface area contributed by atoms with Crippen LogP contribution in [0.2, 0.25) is 5.15 Å². The van der Waals surface area contributed by atoms with Gasteiger partial charge >= 0.3 is 0 Å². The highest BCUT2D eigenvalue weighted by Crippen LogP contribution is 2.42. The van der Waals surface area contributed by atoms with Gasteiger partial charge in [-0.05, 0) is 37.0 Å². The van der Waals surface area contributed by atoms with Gasteiger partial charge in [0.25, 0.3) is 0 Å². The lowest BCUT2D eigenvalue weighted by Gasteiger charge is -2.05. The van der Waals surface area contributed by atoms with Gasteiger partial charge in [-0.2, -0.15) is 5.10 Å². The van der Waals surface area contributed by atoms with Crippen molar-refractivity contribution in [3.63, 3.8) is 0 Å². The van der Waals surface area contributed by atoms with E-state index < -0.39 is 11.6 Å². The molecule has 0 spiro atoms. The normalized spacial score (nSPS) is 14.0. The molecule has 1 fully saturated rings. The fourth-order valence-corrected chi connectivity index (χ4v) is 3.53. The summed E-state index contributed by atoms with van der Waals surface area (Å²) >= 11 is 6.35. The van der Waals surface area contributed by atoms with E-state index in [9.17, 15) is 8.78 Å². The standard InChI is InChI=1S/C20H14ClF2N5/c21-18-15(11-3-4-11)9-25-19(26-18)17-14-2-1-7-24-20(14)28(27-17)10-12-5-6-13(22)8-16(12)23/h1-2,5-9,11H,3-4,10H2. The second-order valence-electron chi connectivity index (χ2n) is 6.83. The summed E-state index contributed by atoms with van der Waals surface area (Å²) in [6, 6.07) is 7.12. The van der Waals surface area contributed by atoms with Gasteiger partial charge in [0.05, 0.1) is 11.9 Å². The molecule has 5 rings (SSSR count). The summed E-state index contributed by atoms with van der Waals surface area (Å²) in [6.07, 6.45) is 5.60. The summed E-state index contributed by atoms with van der Waals surface area (Å²) < 4.78 is 28.9. The number of rotatable bonds is 4. The molecule has 3 aromatic heterocycles. The minimum absolute atomic E-state index is 0.105. The van der Waals surface area contributed by atoms with Crippen molar-refractivity contribution in [1.82, 2.24) is 24.7 Å². The van der Waals surface area contributed by atoms with Crippen molar-refractivity contribution in [2.75, 3.05) is 0 Å². The predicted octanol–water partition coefficient (Wildman–Crippen LogP) is 4.75. The van der Waals surface area contributed by atoms with Gasteiger partial charge in [0, 0.05) is 29.6 Å². The van der Waals surface area contributed by atoms with Gasteiger partial charge in [-0.25, -0.2) is 28.4 Å². The van der Waals surface area contributed by atoms with Crippen molar-refractivity contribution in [3.05, 3.63) is 70.6 Å². The van der Waals surface area contributed by atoms with Crippen LogP contribution in [-0.2, 0) is 6.54 Å². The van der Waals surface area contributed by atoms with Gasteiger partial charge in [0.2, 0.25) is 0 Å². The molecular formula is C20H14ClF2N5. The Labute approximate surface area is 164 Å². The van der Waals surface area contributed by atoms with Gasteiger partial charge < -0.3 is 0 Å². The minimum atomic E-state index is -0.630. The van der Waals surface area contributed by atoms with E-state index in [0.717, 1.165) is 29.9 Å². The summed E-state index contributed by atoms with van der Waals surface area (Å²) in [6.45, 7) is 0.105. The van der Waals surface area contributed by atoms with Crippen LogP contribution in [0.3, 0.4) is 0 Å². The predicted molar refractivity (Wildman–Crippen MR) is 101 cm³/mol. The van der Waals surface area contributed by atoms with Crippen molar-refractivity contribution in [3.8, 4) is 11.5 Å². The average molecular weight is 398 g/mol. The van der Waals surface area contributed by atoms with Crippen LogP contribution in [0.1, 0.15) is 29.9 Å². The number of aromatic nitrogens is 5. The summed E-state index contributed by atoms with van der Waals surface area (Å²) in [5, 5.41) is 5.73. The Morgan fingerprint density at radius 2 is 2.00 bits per heavy atom. The van der Waals surface area contributed by atoms with E-state index in [2.05, 4.69) is 20.1 Å². The van der Waals surface area contributed by atoms with Crippen molar-refractivity contribution < 1.29 is 8.78 Å². The van der Waals surface area contributed by atoms with Gasteiger partial charge in [0.1, 0.15) is 22.5 Å². The summed E-state index contributed by atoms with van der Waals surface area (Å²) in [4.78, 5) is 13.2. The maximum absolute atomic E-state index is 14.1. The first kappa shape index (κ1) is 17.2. The molecule has 0 saturated heterocycles.